The Balaban J connectivity index is 3.64. The van der Waals surface area contributed by atoms with Gasteiger partial charge in [-0.25, -0.2) is 0 Å². The molecule has 1 unspecified atom stereocenters. The normalized spacial score (nSPS) is 14.0. The standard InChI is InChI=1S/C3H5Br2NO2/c1-2(3(4)5)6(7)8/h2-3H,1H3. The largest absolute Gasteiger partial charge is 0.264 e. The molecule has 0 saturated carbocycles. The van der Waals surface area contributed by atoms with Gasteiger partial charge in [-0.05, 0) is 0 Å². The Morgan fingerprint density at radius 2 is 2.00 bits per heavy atom. The third-order valence-electron chi connectivity index (χ3n) is 0.697. The van der Waals surface area contributed by atoms with E-state index in [9.17, 15) is 10.1 Å². The minimum absolute atomic E-state index is 0.231. The zero-order chi connectivity index (χ0) is 6.73. The van der Waals surface area contributed by atoms with Crippen molar-refractivity contribution in [3.63, 3.8) is 0 Å². The van der Waals surface area contributed by atoms with E-state index in [1.54, 1.807) is 0 Å². The molecule has 0 amide bonds. The number of hydrogen-bond donors (Lipinski definition) is 0. The zero-order valence-electron chi connectivity index (χ0n) is 4.17. The molecule has 8 heavy (non-hydrogen) atoms. The van der Waals surface area contributed by atoms with Crippen molar-refractivity contribution >= 4 is 31.9 Å². The summed E-state index contributed by atoms with van der Waals surface area (Å²) < 4.78 is -0.231. The molecule has 48 valence electrons. The first-order valence-corrected chi connectivity index (χ1v) is 3.80. The molecular weight excluding hydrogens is 242 g/mol. The maximum absolute atomic E-state index is 9.89. The zero-order valence-corrected chi connectivity index (χ0v) is 7.35. The van der Waals surface area contributed by atoms with Crippen molar-refractivity contribution in [1.82, 2.24) is 0 Å². The van der Waals surface area contributed by atoms with Crippen molar-refractivity contribution in [1.29, 1.82) is 0 Å². The Labute approximate surface area is 63.9 Å². The van der Waals surface area contributed by atoms with Crippen molar-refractivity contribution in [3.05, 3.63) is 10.1 Å². The topological polar surface area (TPSA) is 43.1 Å². The fraction of sp³-hybridized carbons (Fsp3) is 1.00. The van der Waals surface area contributed by atoms with Crippen LogP contribution >= 0.6 is 31.9 Å². The Kier molecular flexibility index (Phi) is 3.55. The lowest BCUT2D eigenvalue weighted by Crippen LogP contribution is -2.21. The van der Waals surface area contributed by atoms with Gasteiger partial charge in [-0.2, -0.15) is 0 Å². The number of nitro groups is 1. The van der Waals surface area contributed by atoms with Gasteiger partial charge in [0.15, 0.2) is 0 Å². The van der Waals surface area contributed by atoms with Crippen LogP contribution in [0.25, 0.3) is 0 Å². The lowest BCUT2D eigenvalue weighted by atomic mass is 10.4. The maximum Gasteiger partial charge on any atom is 0.232 e. The van der Waals surface area contributed by atoms with E-state index >= 15 is 0 Å². The molecular formula is C3H5Br2NO2. The van der Waals surface area contributed by atoms with Gasteiger partial charge in [-0.1, -0.05) is 31.9 Å². The highest BCUT2D eigenvalue weighted by Gasteiger charge is 2.19. The van der Waals surface area contributed by atoms with Crippen molar-refractivity contribution in [2.75, 3.05) is 0 Å². The average molecular weight is 247 g/mol. The molecule has 0 N–H and O–H groups in total. The summed E-state index contributed by atoms with van der Waals surface area (Å²) in [4.78, 5) is 9.53. The van der Waals surface area contributed by atoms with Crippen LogP contribution in [0.15, 0.2) is 0 Å². The second kappa shape index (κ2) is 3.40. The summed E-state index contributed by atoms with van der Waals surface area (Å²) in [6, 6.07) is -0.574. The maximum atomic E-state index is 9.89. The van der Waals surface area contributed by atoms with Gasteiger partial charge in [0.2, 0.25) is 6.04 Å². The van der Waals surface area contributed by atoms with Crippen LogP contribution in [0.3, 0.4) is 0 Å². The van der Waals surface area contributed by atoms with Gasteiger partial charge in [-0.15, -0.1) is 0 Å². The molecule has 0 aliphatic heterocycles. The van der Waals surface area contributed by atoms with Crippen LogP contribution in [0.1, 0.15) is 6.92 Å². The van der Waals surface area contributed by atoms with Crippen molar-refractivity contribution in [2.45, 2.75) is 16.7 Å². The molecule has 0 heterocycles. The van der Waals surface area contributed by atoms with E-state index < -0.39 is 6.04 Å². The van der Waals surface area contributed by atoms with Crippen molar-refractivity contribution in [3.8, 4) is 0 Å². The molecule has 0 aromatic rings. The minimum Gasteiger partial charge on any atom is -0.264 e. The average Bonchev–Trinajstić information content (AvgIpc) is 1.64. The van der Waals surface area contributed by atoms with Crippen molar-refractivity contribution in [2.24, 2.45) is 0 Å². The number of halogens is 2. The Morgan fingerprint density at radius 1 is 1.62 bits per heavy atom. The fourth-order valence-electron chi connectivity index (χ4n) is 0.0920. The molecule has 0 fully saturated rings. The Bertz CT molecular complexity index is 95.3. The Morgan fingerprint density at radius 3 is 2.00 bits per heavy atom. The van der Waals surface area contributed by atoms with Crippen LogP contribution in [0.5, 0.6) is 0 Å². The summed E-state index contributed by atoms with van der Waals surface area (Å²) in [5.41, 5.74) is 0. The number of rotatable bonds is 2. The van der Waals surface area contributed by atoms with E-state index in [0.29, 0.717) is 0 Å². The lowest BCUT2D eigenvalue weighted by molar-refractivity contribution is -0.513. The van der Waals surface area contributed by atoms with E-state index in [1.165, 1.54) is 6.92 Å². The van der Waals surface area contributed by atoms with E-state index in [4.69, 9.17) is 0 Å². The van der Waals surface area contributed by atoms with Crippen LogP contribution in [-0.4, -0.2) is 14.7 Å². The highest BCUT2D eigenvalue weighted by atomic mass is 79.9. The van der Waals surface area contributed by atoms with Gasteiger partial charge in [0, 0.05) is 11.8 Å². The van der Waals surface area contributed by atoms with Gasteiger partial charge in [-0.3, -0.25) is 10.1 Å². The number of hydrogen-bond acceptors (Lipinski definition) is 2. The van der Waals surface area contributed by atoms with Crippen LogP contribution in [0.2, 0.25) is 0 Å². The molecule has 0 saturated heterocycles. The van der Waals surface area contributed by atoms with Crippen LogP contribution in [0, 0.1) is 10.1 Å². The second-order valence-corrected chi connectivity index (χ2v) is 4.56. The molecule has 1 atom stereocenters. The first-order chi connectivity index (χ1) is 3.55. The van der Waals surface area contributed by atoms with E-state index in [2.05, 4.69) is 31.9 Å². The minimum atomic E-state index is -0.574. The summed E-state index contributed by atoms with van der Waals surface area (Å²) in [6.07, 6.45) is 0. The molecule has 0 radical (unpaired) electrons. The molecule has 0 aliphatic rings. The van der Waals surface area contributed by atoms with E-state index in [-0.39, 0.29) is 8.66 Å². The molecule has 0 spiro atoms. The molecule has 0 rings (SSSR count). The number of alkyl halides is 2. The van der Waals surface area contributed by atoms with E-state index in [0.717, 1.165) is 0 Å². The smallest absolute Gasteiger partial charge is 0.232 e. The van der Waals surface area contributed by atoms with Crippen LogP contribution in [-0.2, 0) is 0 Å². The van der Waals surface area contributed by atoms with Gasteiger partial charge in [0.25, 0.3) is 0 Å². The highest BCUT2D eigenvalue weighted by molar-refractivity contribution is 9.24. The van der Waals surface area contributed by atoms with Crippen LogP contribution < -0.4 is 0 Å². The summed E-state index contributed by atoms with van der Waals surface area (Å²) in [5.74, 6) is 0. The molecule has 0 aromatic carbocycles. The molecule has 3 nitrogen and oxygen atoms in total. The quantitative estimate of drug-likeness (QED) is 0.424. The first-order valence-electron chi connectivity index (χ1n) is 1.97. The van der Waals surface area contributed by atoms with Gasteiger partial charge in [0.1, 0.15) is 3.74 Å². The van der Waals surface area contributed by atoms with E-state index in [1.807, 2.05) is 0 Å². The lowest BCUT2D eigenvalue weighted by Gasteiger charge is -2.01. The first kappa shape index (κ1) is 8.36. The third kappa shape index (κ3) is 2.61. The summed E-state index contributed by atoms with van der Waals surface area (Å²) >= 11 is 6.03. The van der Waals surface area contributed by atoms with Gasteiger partial charge in [0.05, 0.1) is 0 Å². The van der Waals surface area contributed by atoms with Crippen molar-refractivity contribution < 1.29 is 4.92 Å². The van der Waals surface area contributed by atoms with Gasteiger partial charge >= 0.3 is 0 Å². The summed E-state index contributed by atoms with van der Waals surface area (Å²) in [7, 11) is 0. The second-order valence-electron chi connectivity index (χ2n) is 1.36. The summed E-state index contributed by atoms with van der Waals surface area (Å²) in [6.45, 7) is 1.52. The molecule has 5 heteroatoms. The predicted molar refractivity (Wildman–Crippen MR) is 38.1 cm³/mol. The van der Waals surface area contributed by atoms with Crippen LogP contribution in [0.4, 0.5) is 0 Å². The SMILES string of the molecule is CC(C(Br)Br)[N+](=O)[O-]. The summed E-state index contributed by atoms with van der Waals surface area (Å²) in [5, 5.41) is 9.89. The fourth-order valence-corrected chi connectivity index (χ4v) is 0.478. The highest BCUT2D eigenvalue weighted by Crippen LogP contribution is 2.14. The Hall–Kier alpha value is 0.360. The molecule has 0 bridgehead atoms. The van der Waals surface area contributed by atoms with Gasteiger partial charge < -0.3 is 0 Å². The number of nitrogens with zero attached hydrogens (tertiary/aromatic N) is 1. The monoisotopic (exact) mass is 245 g/mol. The third-order valence-corrected chi connectivity index (χ3v) is 2.23. The molecule has 0 aromatic heterocycles. The molecule has 0 aliphatic carbocycles. The predicted octanol–water partition coefficient (Wildman–Crippen LogP) is 1.77.